The Labute approximate surface area is 139 Å². The minimum Gasteiger partial charge on any atom is -0.468 e. The highest BCUT2D eigenvalue weighted by atomic mass is 16.5. The Balaban J connectivity index is 3.58. The third-order valence-electron chi connectivity index (χ3n) is 4.58. The van der Waals surface area contributed by atoms with Crippen LogP contribution in [-0.2, 0) is 9.53 Å². The minimum absolute atomic E-state index is 0.590. The first-order valence-electron chi connectivity index (χ1n) is 9.90. The van der Waals surface area contributed by atoms with Crippen molar-refractivity contribution in [1.82, 2.24) is 0 Å². The van der Waals surface area contributed by atoms with Crippen LogP contribution in [-0.4, -0.2) is 13.1 Å². The van der Waals surface area contributed by atoms with Gasteiger partial charge in [0.2, 0.25) is 0 Å². The van der Waals surface area contributed by atoms with E-state index in [1.54, 1.807) is 0 Å². The molecule has 0 saturated carbocycles. The van der Waals surface area contributed by atoms with Crippen LogP contribution in [0.15, 0.2) is 0 Å². The van der Waals surface area contributed by atoms with E-state index in [1.165, 1.54) is 96.3 Å². The molecule has 0 aromatic rings. The standard InChI is InChI=1S/C20H40O2/c1-3-5-7-9-11-13-15-17-20(18-22-19-21)16-14-12-10-8-6-4-2/h19-20H,3-18H2,1-2H3. The Morgan fingerprint density at radius 1 is 0.682 bits per heavy atom. The first-order valence-corrected chi connectivity index (χ1v) is 9.90. The molecule has 0 aliphatic rings. The third kappa shape index (κ3) is 15.9. The number of carbonyl (C=O) groups excluding carboxylic acids is 1. The van der Waals surface area contributed by atoms with Gasteiger partial charge in [-0.05, 0) is 18.8 Å². The molecular weight excluding hydrogens is 272 g/mol. The van der Waals surface area contributed by atoms with Crippen molar-refractivity contribution in [2.24, 2.45) is 5.92 Å². The zero-order valence-corrected chi connectivity index (χ0v) is 15.3. The Morgan fingerprint density at radius 2 is 1.09 bits per heavy atom. The van der Waals surface area contributed by atoms with Gasteiger partial charge in [-0.15, -0.1) is 0 Å². The highest BCUT2D eigenvalue weighted by molar-refractivity contribution is 5.36. The number of hydrogen-bond acceptors (Lipinski definition) is 2. The summed E-state index contributed by atoms with van der Waals surface area (Å²) in [4.78, 5) is 10.4. The van der Waals surface area contributed by atoms with Crippen LogP contribution < -0.4 is 0 Å². The molecule has 1 atom stereocenters. The van der Waals surface area contributed by atoms with E-state index in [2.05, 4.69) is 13.8 Å². The second kappa shape index (κ2) is 18.5. The van der Waals surface area contributed by atoms with Crippen LogP contribution in [0.1, 0.15) is 110 Å². The summed E-state index contributed by atoms with van der Waals surface area (Å²) < 4.78 is 5.02. The number of hydrogen-bond donors (Lipinski definition) is 0. The molecule has 0 N–H and O–H groups in total. The van der Waals surface area contributed by atoms with Gasteiger partial charge in [-0.3, -0.25) is 4.79 Å². The van der Waals surface area contributed by atoms with E-state index < -0.39 is 0 Å². The van der Waals surface area contributed by atoms with Gasteiger partial charge in [-0.25, -0.2) is 0 Å². The van der Waals surface area contributed by atoms with Gasteiger partial charge in [0.25, 0.3) is 6.47 Å². The minimum atomic E-state index is 0.590. The average Bonchev–Trinajstić information content (AvgIpc) is 2.54. The summed E-state index contributed by atoms with van der Waals surface area (Å²) in [5.74, 6) is 0.590. The maximum Gasteiger partial charge on any atom is 0.293 e. The van der Waals surface area contributed by atoms with Gasteiger partial charge < -0.3 is 4.74 Å². The summed E-state index contributed by atoms with van der Waals surface area (Å²) in [6, 6.07) is 0. The van der Waals surface area contributed by atoms with E-state index in [1.807, 2.05) is 0 Å². The molecule has 0 bridgehead atoms. The monoisotopic (exact) mass is 312 g/mol. The first kappa shape index (κ1) is 21.5. The third-order valence-corrected chi connectivity index (χ3v) is 4.58. The van der Waals surface area contributed by atoms with Crippen LogP contribution in [0.2, 0.25) is 0 Å². The van der Waals surface area contributed by atoms with Gasteiger partial charge in [0.05, 0.1) is 6.61 Å². The van der Waals surface area contributed by atoms with Crippen molar-refractivity contribution >= 4 is 6.47 Å². The van der Waals surface area contributed by atoms with Crippen molar-refractivity contribution in [2.75, 3.05) is 6.61 Å². The second-order valence-corrected chi connectivity index (χ2v) is 6.76. The van der Waals surface area contributed by atoms with Crippen LogP contribution in [0.3, 0.4) is 0 Å². The predicted octanol–water partition coefficient (Wildman–Crippen LogP) is 6.67. The fourth-order valence-corrected chi connectivity index (χ4v) is 3.09. The zero-order valence-electron chi connectivity index (χ0n) is 15.3. The number of carbonyl (C=O) groups is 1. The highest BCUT2D eigenvalue weighted by Crippen LogP contribution is 2.19. The summed E-state index contributed by atoms with van der Waals surface area (Å²) in [7, 11) is 0. The lowest BCUT2D eigenvalue weighted by molar-refractivity contribution is -0.130. The SMILES string of the molecule is CCCCCCCCCC(CCCCCCCC)COC=O. The number of rotatable bonds is 18. The smallest absolute Gasteiger partial charge is 0.293 e. The van der Waals surface area contributed by atoms with Crippen molar-refractivity contribution < 1.29 is 9.53 Å². The molecule has 0 aromatic carbocycles. The molecule has 0 heterocycles. The fraction of sp³-hybridized carbons (Fsp3) is 0.950. The molecule has 22 heavy (non-hydrogen) atoms. The quantitative estimate of drug-likeness (QED) is 0.209. The van der Waals surface area contributed by atoms with Crippen LogP contribution in [0.25, 0.3) is 0 Å². The molecule has 2 heteroatoms. The molecule has 132 valence electrons. The largest absolute Gasteiger partial charge is 0.468 e. The Bertz CT molecular complexity index is 216. The van der Waals surface area contributed by atoms with E-state index >= 15 is 0 Å². The molecule has 0 fully saturated rings. The molecule has 0 rings (SSSR count). The van der Waals surface area contributed by atoms with Gasteiger partial charge in [0.1, 0.15) is 0 Å². The van der Waals surface area contributed by atoms with Crippen molar-refractivity contribution in [2.45, 2.75) is 110 Å². The lowest BCUT2D eigenvalue weighted by atomic mass is 9.95. The van der Waals surface area contributed by atoms with Crippen molar-refractivity contribution in [3.05, 3.63) is 0 Å². The number of ether oxygens (including phenoxy) is 1. The van der Waals surface area contributed by atoms with E-state index in [-0.39, 0.29) is 0 Å². The van der Waals surface area contributed by atoms with E-state index in [9.17, 15) is 4.79 Å². The van der Waals surface area contributed by atoms with Crippen LogP contribution in [0, 0.1) is 5.92 Å². The van der Waals surface area contributed by atoms with Crippen molar-refractivity contribution in [1.29, 1.82) is 0 Å². The van der Waals surface area contributed by atoms with Gasteiger partial charge in [0, 0.05) is 0 Å². The number of unbranched alkanes of at least 4 members (excludes halogenated alkanes) is 11. The van der Waals surface area contributed by atoms with Gasteiger partial charge in [0.15, 0.2) is 0 Å². The van der Waals surface area contributed by atoms with Crippen molar-refractivity contribution in [3.63, 3.8) is 0 Å². The lowest BCUT2D eigenvalue weighted by Crippen LogP contribution is -2.09. The molecule has 0 aromatic heterocycles. The summed E-state index contributed by atoms with van der Waals surface area (Å²) >= 11 is 0. The van der Waals surface area contributed by atoms with Crippen LogP contribution in [0.5, 0.6) is 0 Å². The predicted molar refractivity (Wildman–Crippen MR) is 96.1 cm³/mol. The summed E-state index contributed by atoms with van der Waals surface area (Å²) in [6.07, 6.45) is 20.0. The van der Waals surface area contributed by atoms with Crippen molar-refractivity contribution in [3.8, 4) is 0 Å². The van der Waals surface area contributed by atoms with Gasteiger partial charge in [-0.2, -0.15) is 0 Å². The Morgan fingerprint density at radius 3 is 1.50 bits per heavy atom. The van der Waals surface area contributed by atoms with Gasteiger partial charge in [-0.1, -0.05) is 97.3 Å². The van der Waals surface area contributed by atoms with Crippen LogP contribution in [0.4, 0.5) is 0 Å². The second-order valence-electron chi connectivity index (χ2n) is 6.76. The normalized spacial score (nSPS) is 12.3. The Hall–Kier alpha value is -0.530. The molecule has 0 aliphatic heterocycles. The topological polar surface area (TPSA) is 26.3 Å². The molecule has 0 spiro atoms. The average molecular weight is 313 g/mol. The van der Waals surface area contributed by atoms with Gasteiger partial charge >= 0.3 is 0 Å². The lowest BCUT2D eigenvalue weighted by Gasteiger charge is -2.15. The van der Waals surface area contributed by atoms with E-state index in [0.29, 0.717) is 19.0 Å². The molecule has 0 amide bonds. The van der Waals surface area contributed by atoms with Crippen LogP contribution >= 0.6 is 0 Å². The molecular formula is C20H40O2. The molecule has 2 nitrogen and oxygen atoms in total. The molecule has 0 saturated heterocycles. The maximum absolute atomic E-state index is 10.4. The molecule has 1 unspecified atom stereocenters. The fourth-order valence-electron chi connectivity index (χ4n) is 3.09. The summed E-state index contributed by atoms with van der Waals surface area (Å²) in [5.41, 5.74) is 0. The molecule has 0 aliphatic carbocycles. The first-order chi connectivity index (χ1) is 10.8. The van der Waals surface area contributed by atoms with E-state index in [0.717, 1.165) is 0 Å². The van der Waals surface area contributed by atoms with E-state index in [4.69, 9.17) is 4.74 Å². The summed E-state index contributed by atoms with van der Waals surface area (Å²) in [5, 5.41) is 0. The maximum atomic E-state index is 10.4. The highest BCUT2D eigenvalue weighted by Gasteiger charge is 2.09. The zero-order chi connectivity index (χ0) is 16.3. The summed E-state index contributed by atoms with van der Waals surface area (Å²) in [6.45, 7) is 5.77. The Kier molecular flexibility index (Phi) is 18.1. The molecule has 0 radical (unpaired) electrons.